The molecule has 0 unspecified atom stereocenters. The van der Waals surface area contributed by atoms with Gasteiger partial charge in [-0.15, -0.1) is 23.7 Å². The number of ether oxygens (including phenoxy) is 1. The molecule has 1 aromatic carbocycles. The summed E-state index contributed by atoms with van der Waals surface area (Å²) in [5, 5.41) is 4.48. The summed E-state index contributed by atoms with van der Waals surface area (Å²) in [5.74, 6) is 1.80. The van der Waals surface area contributed by atoms with E-state index in [1.165, 1.54) is 42.1 Å². The zero-order valence-corrected chi connectivity index (χ0v) is 15.5. The van der Waals surface area contributed by atoms with Crippen molar-refractivity contribution >= 4 is 34.0 Å². The minimum atomic E-state index is 0. The van der Waals surface area contributed by atoms with Crippen LogP contribution in [0.4, 0.5) is 0 Å². The lowest BCUT2D eigenvalue weighted by Gasteiger charge is -2.31. The third kappa shape index (κ3) is 4.80. The van der Waals surface area contributed by atoms with Crippen LogP contribution >= 0.6 is 23.7 Å². The average molecular weight is 356 g/mol. The molecule has 0 spiro atoms. The largest absolute Gasteiger partial charge is 0.497 e. The Balaban J connectivity index is 0.00000192. The molecule has 4 nitrogen and oxygen atoms in total. The van der Waals surface area contributed by atoms with Gasteiger partial charge >= 0.3 is 0 Å². The van der Waals surface area contributed by atoms with Gasteiger partial charge < -0.3 is 10.1 Å². The van der Waals surface area contributed by atoms with Crippen molar-refractivity contribution in [3.05, 3.63) is 23.2 Å². The summed E-state index contributed by atoms with van der Waals surface area (Å²) in [5.41, 5.74) is 1.09. The first-order valence-electron chi connectivity index (χ1n) is 8.09. The first-order valence-corrected chi connectivity index (χ1v) is 8.90. The van der Waals surface area contributed by atoms with Crippen LogP contribution in [0.1, 0.15) is 24.3 Å². The number of hydrogen-bond acceptors (Lipinski definition) is 5. The number of piperidine rings is 1. The van der Waals surface area contributed by atoms with Crippen LogP contribution in [-0.4, -0.2) is 43.7 Å². The number of benzene rings is 1. The van der Waals surface area contributed by atoms with Gasteiger partial charge in [0.1, 0.15) is 10.8 Å². The molecule has 1 aromatic heterocycles. The summed E-state index contributed by atoms with van der Waals surface area (Å²) < 4.78 is 6.51. The molecule has 2 heterocycles. The highest BCUT2D eigenvalue weighted by molar-refractivity contribution is 7.18. The van der Waals surface area contributed by atoms with E-state index in [4.69, 9.17) is 9.72 Å². The molecule has 3 rings (SSSR count). The number of thiazole rings is 1. The second-order valence-corrected chi connectivity index (χ2v) is 7.17. The molecule has 1 aliphatic rings. The summed E-state index contributed by atoms with van der Waals surface area (Å²) >= 11 is 1.79. The molecule has 0 saturated carbocycles. The van der Waals surface area contributed by atoms with Crippen molar-refractivity contribution in [1.82, 2.24) is 15.2 Å². The van der Waals surface area contributed by atoms with E-state index in [2.05, 4.69) is 22.3 Å². The van der Waals surface area contributed by atoms with Crippen molar-refractivity contribution in [2.45, 2.75) is 25.8 Å². The van der Waals surface area contributed by atoms with Gasteiger partial charge in [-0.05, 0) is 70.1 Å². The first kappa shape index (κ1) is 18.5. The summed E-state index contributed by atoms with van der Waals surface area (Å²) in [4.78, 5) is 7.31. The smallest absolute Gasteiger partial charge is 0.120 e. The Morgan fingerprint density at radius 3 is 2.83 bits per heavy atom. The number of rotatable bonds is 6. The van der Waals surface area contributed by atoms with E-state index in [1.54, 1.807) is 18.4 Å². The predicted octanol–water partition coefficient (Wildman–Crippen LogP) is 3.55. The van der Waals surface area contributed by atoms with E-state index >= 15 is 0 Å². The van der Waals surface area contributed by atoms with Crippen LogP contribution in [0, 0.1) is 5.92 Å². The number of nitrogens with zero attached hydrogens (tertiary/aromatic N) is 2. The molecule has 0 aliphatic carbocycles. The number of hydrogen-bond donors (Lipinski definition) is 1. The van der Waals surface area contributed by atoms with Gasteiger partial charge in [-0.3, -0.25) is 4.90 Å². The fourth-order valence-corrected chi connectivity index (χ4v) is 4.16. The molecule has 1 aliphatic heterocycles. The van der Waals surface area contributed by atoms with Crippen LogP contribution in [0.15, 0.2) is 18.2 Å². The van der Waals surface area contributed by atoms with Crippen LogP contribution in [0.25, 0.3) is 10.2 Å². The highest BCUT2D eigenvalue weighted by Crippen LogP contribution is 2.28. The molecule has 2 aromatic rings. The van der Waals surface area contributed by atoms with Gasteiger partial charge in [-0.2, -0.15) is 0 Å². The number of nitrogens with one attached hydrogen (secondary N) is 1. The Hall–Kier alpha value is -0.880. The Labute approximate surface area is 148 Å². The van der Waals surface area contributed by atoms with Crippen molar-refractivity contribution in [3.8, 4) is 5.75 Å². The SMILES string of the molecule is CNCCC1CCN(Cc2nc3ccc(OC)cc3s2)CC1.Cl. The number of fused-ring (bicyclic) bond motifs is 1. The molecular weight excluding hydrogens is 330 g/mol. The molecule has 0 radical (unpaired) electrons. The van der Waals surface area contributed by atoms with Crippen LogP contribution in [0.2, 0.25) is 0 Å². The van der Waals surface area contributed by atoms with Crippen molar-refractivity contribution < 1.29 is 4.74 Å². The molecular formula is C17H26ClN3OS. The van der Waals surface area contributed by atoms with Crippen LogP contribution in [0.3, 0.4) is 0 Å². The van der Waals surface area contributed by atoms with Gasteiger partial charge in [0.2, 0.25) is 0 Å². The molecule has 128 valence electrons. The van der Waals surface area contributed by atoms with Crippen LogP contribution in [0.5, 0.6) is 5.75 Å². The lowest BCUT2D eigenvalue weighted by molar-refractivity contribution is 0.172. The van der Waals surface area contributed by atoms with Gasteiger partial charge in [-0.25, -0.2) is 4.98 Å². The molecule has 23 heavy (non-hydrogen) atoms. The molecule has 1 saturated heterocycles. The maximum atomic E-state index is 5.29. The first-order chi connectivity index (χ1) is 10.8. The van der Waals surface area contributed by atoms with Crippen molar-refractivity contribution in [2.24, 2.45) is 5.92 Å². The monoisotopic (exact) mass is 355 g/mol. The lowest BCUT2D eigenvalue weighted by Crippen LogP contribution is -2.34. The molecule has 0 atom stereocenters. The highest BCUT2D eigenvalue weighted by Gasteiger charge is 2.19. The van der Waals surface area contributed by atoms with Crippen LogP contribution < -0.4 is 10.1 Å². The Morgan fingerprint density at radius 1 is 1.35 bits per heavy atom. The highest BCUT2D eigenvalue weighted by atomic mass is 35.5. The second-order valence-electron chi connectivity index (χ2n) is 6.05. The lowest BCUT2D eigenvalue weighted by atomic mass is 9.93. The minimum absolute atomic E-state index is 0. The van der Waals surface area contributed by atoms with Crippen LogP contribution in [-0.2, 0) is 6.54 Å². The Morgan fingerprint density at radius 2 is 2.13 bits per heavy atom. The van der Waals surface area contributed by atoms with Crippen molar-refractivity contribution in [3.63, 3.8) is 0 Å². The van der Waals surface area contributed by atoms with Crippen molar-refractivity contribution in [1.29, 1.82) is 0 Å². The molecule has 6 heteroatoms. The Kier molecular flexibility index (Phi) is 7.09. The van der Waals surface area contributed by atoms with Gasteiger partial charge in [0.15, 0.2) is 0 Å². The second kappa shape index (κ2) is 8.83. The predicted molar refractivity (Wildman–Crippen MR) is 100.0 cm³/mol. The molecule has 0 amide bonds. The molecule has 1 fully saturated rings. The van der Waals surface area contributed by atoms with E-state index in [1.807, 2.05) is 13.1 Å². The maximum Gasteiger partial charge on any atom is 0.120 e. The summed E-state index contributed by atoms with van der Waals surface area (Å²) in [7, 11) is 3.75. The van der Waals surface area contributed by atoms with E-state index in [0.29, 0.717) is 0 Å². The number of methoxy groups -OCH3 is 1. The zero-order chi connectivity index (χ0) is 15.4. The van der Waals surface area contributed by atoms with E-state index in [0.717, 1.165) is 30.3 Å². The normalized spacial score (nSPS) is 16.4. The zero-order valence-electron chi connectivity index (χ0n) is 13.9. The maximum absolute atomic E-state index is 5.29. The summed E-state index contributed by atoms with van der Waals surface area (Å²) in [6.07, 6.45) is 3.95. The number of likely N-dealkylation sites (tertiary alicyclic amines) is 1. The Bertz CT molecular complexity index is 611. The average Bonchev–Trinajstić information content (AvgIpc) is 2.95. The third-order valence-electron chi connectivity index (χ3n) is 4.51. The van der Waals surface area contributed by atoms with E-state index in [9.17, 15) is 0 Å². The fraction of sp³-hybridized carbons (Fsp3) is 0.588. The number of halogens is 1. The summed E-state index contributed by atoms with van der Waals surface area (Å²) in [6, 6.07) is 6.12. The fourth-order valence-electron chi connectivity index (χ4n) is 3.12. The molecule has 0 bridgehead atoms. The van der Waals surface area contributed by atoms with Crippen molar-refractivity contribution in [2.75, 3.05) is 33.8 Å². The minimum Gasteiger partial charge on any atom is -0.497 e. The standard InChI is InChI=1S/C17H25N3OS.ClH/c1-18-8-5-13-6-9-20(10-7-13)12-17-19-15-4-3-14(21-2)11-16(15)22-17;/h3-4,11,13,18H,5-10,12H2,1-2H3;1H. The third-order valence-corrected chi connectivity index (χ3v) is 5.51. The number of aromatic nitrogens is 1. The van der Waals surface area contributed by atoms with Gasteiger partial charge in [0.05, 0.1) is 23.9 Å². The van der Waals surface area contributed by atoms with E-state index < -0.39 is 0 Å². The summed E-state index contributed by atoms with van der Waals surface area (Å²) in [6.45, 7) is 4.53. The van der Waals surface area contributed by atoms with Gasteiger partial charge in [0.25, 0.3) is 0 Å². The quantitative estimate of drug-likeness (QED) is 0.859. The molecule has 1 N–H and O–H groups in total. The van der Waals surface area contributed by atoms with Gasteiger partial charge in [-0.1, -0.05) is 0 Å². The van der Waals surface area contributed by atoms with Gasteiger partial charge in [0, 0.05) is 0 Å². The topological polar surface area (TPSA) is 37.4 Å². The van der Waals surface area contributed by atoms with E-state index in [-0.39, 0.29) is 12.4 Å².